The van der Waals surface area contributed by atoms with Gasteiger partial charge in [0, 0.05) is 17.8 Å². The van der Waals surface area contributed by atoms with Crippen molar-refractivity contribution >= 4 is 5.69 Å². The summed E-state index contributed by atoms with van der Waals surface area (Å²) in [5, 5.41) is 3.82. The van der Waals surface area contributed by atoms with Gasteiger partial charge in [-0.25, -0.2) is 0 Å². The number of anilines is 1. The molecule has 0 heterocycles. The molecule has 2 aromatic rings. The highest BCUT2D eigenvalue weighted by atomic mass is 14.9. The second-order valence-corrected chi connectivity index (χ2v) is 10.3. The van der Waals surface area contributed by atoms with Crippen LogP contribution in [0.4, 0.5) is 5.69 Å². The molecule has 1 nitrogen and oxygen atoms in total. The van der Waals surface area contributed by atoms with Crippen LogP contribution in [0.3, 0.4) is 0 Å². The average molecular weight is 372 g/mol. The first-order valence-electron chi connectivity index (χ1n) is 10.6. The summed E-state index contributed by atoms with van der Waals surface area (Å²) >= 11 is 0. The second-order valence-electron chi connectivity index (χ2n) is 10.3. The monoisotopic (exact) mass is 371 g/mol. The molecule has 1 heteroatoms. The van der Waals surface area contributed by atoms with Gasteiger partial charge in [0.05, 0.1) is 0 Å². The van der Waals surface area contributed by atoms with Crippen LogP contribution in [0.1, 0.15) is 71.1 Å². The molecule has 0 amide bonds. The van der Waals surface area contributed by atoms with Crippen molar-refractivity contribution in [1.29, 1.82) is 0 Å². The molecule has 0 unspecified atom stereocenters. The summed E-state index contributed by atoms with van der Waals surface area (Å²) in [6.07, 6.45) is 7.89. The summed E-state index contributed by atoms with van der Waals surface area (Å²) in [5.41, 5.74) is 11.6. The topological polar surface area (TPSA) is 12.0 Å². The largest absolute Gasteiger partial charge is 0.355 e. The molecule has 0 fully saturated rings. The Kier molecular flexibility index (Phi) is 4.53. The first kappa shape index (κ1) is 19.1. The summed E-state index contributed by atoms with van der Waals surface area (Å²) in [4.78, 5) is 0. The molecule has 0 atom stereocenters. The summed E-state index contributed by atoms with van der Waals surface area (Å²) < 4.78 is 0. The summed E-state index contributed by atoms with van der Waals surface area (Å²) in [6, 6.07) is 13.6. The minimum atomic E-state index is 0.162. The van der Waals surface area contributed by atoms with Crippen molar-refractivity contribution in [2.45, 2.75) is 66.2 Å². The van der Waals surface area contributed by atoms with Gasteiger partial charge in [0.25, 0.3) is 0 Å². The smallest absolute Gasteiger partial charge is 0.0426 e. The van der Waals surface area contributed by atoms with E-state index in [1.54, 1.807) is 0 Å². The normalized spacial score (nSPS) is 16.2. The van der Waals surface area contributed by atoms with E-state index in [0.717, 1.165) is 19.3 Å². The Morgan fingerprint density at radius 2 is 1.46 bits per heavy atom. The van der Waals surface area contributed by atoms with Gasteiger partial charge >= 0.3 is 0 Å². The van der Waals surface area contributed by atoms with Crippen molar-refractivity contribution in [1.82, 2.24) is 0 Å². The molecule has 0 radical (unpaired) electrons. The van der Waals surface area contributed by atoms with Crippen molar-refractivity contribution in [2.24, 2.45) is 5.41 Å². The van der Waals surface area contributed by atoms with Crippen molar-refractivity contribution in [3.05, 3.63) is 76.5 Å². The van der Waals surface area contributed by atoms with E-state index in [1.165, 1.54) is 44.8 Å². The molecule has 2 aliphatic carbocycles. The highest BCUT2D eigenvalue weighted by Gasteiger charge is 2.28. The van der Waals surface area contributed by atoms with Crippen molar-refractivity contribution in [3.63, 3.8) is 0 Å². The zero-order chi connectivity index (χ0) is 20.1. The molecule has 0 spiro atoms. The van der Waals surface area contributed by atoms with Crippen LogP contribution in [-0.2, 0) is 11.8 Å². The maximum Gasteiger partial charge on any atom is 0.0426 e. The van der Waals surface area contributed by atoms with E-state index < -0.39 is 0 Å². The van der Waals surface area contributed by atoms with Crippen LogP contribution in [-0.4, -0.2) is 0 Å². The molecule has 4 rings (SSSR count). The van der Waals surface area contributed by atoms with E-state index in [2.05, 4.69) is 95.4 Å². The number of hydrogen-bond acceptors (Lipinski definition) is 1. The van der Waals surface area contributed by atoms with Gasteiger partial charge in [-0.3, -0.25) is 0 Å². The quantitative estimate of drug-likeness (QED) is 0.488. The van der Waals surface area contributed by atoms with Gasteiger partial charge in [-0.05, 0) is 69.2 Å². The zero-order valence-corrected chi connectivity index (χ0v) is 18.2. The molecule has 0 aromatic heterocycles. The van der Waals surface area contributed by atoms with Gasteiger partial charge in [-0.15, -0.1) is 0 Å². The molecule has 1 N–H and O–H groups in total. The molecular weight excluding hydrogens is 338 g/mol. The van der Waals surface area contributed by atoms with Crippen LogP contribution in [0.2, 0.25) is 0 Å². The third kappa shape index (κ3) is 3.32. The van der Waals surface area contributed by atoms with Gasteiger partial charge < -0.3 is 5.32 Å². The predicted octanol–water partition coefficient (Wildman–Crippen LogP) is 7.62. The first-order chi connectivity index (χ1) is 13.2. The van der Waals surface area contributed by atoms with Crippen LogP contribution < -0.4 is 5.32 Å². The number of nitrogens with one attached hydrogen (secondary N) is 1. The van der Waals surface area contributed by atoms with Crippen LogP contribution in [0.25, 0.3) is 11.1 Å². The minimum Gasteiger partial charge on any atom is -0.355 e. The molecular formula is C27H33N. The number of rotatable bonds is 2. The summed E-state index contributed by atoms with van der Waals surface area (Å²) in [6.45, 7) is 13.9. The third-order valence-corrected chi connectivity index (χ3v) is 6.15. The van der Waals surface area contributed by atoms with Gasteiger partial charge in [0.15, 0.2) is 0 Å². The van der Waals surface area contributed by atoms with Crippen LogP contribution in [0, 0.1) is 5.41 Å². The van der Waals surface area contributed by atoms with Crippen molar-refractivity contribution in [3.8, 4) is 11.1 Å². The fourth-order valence-electron chi connectivity index (χ4n) is 4.76. The fourth-order valence-corrected chi connectivity index (χ4v) is 4.76. The van der Waals surface area contributed by atoms with Crippen LogP contribution in [0.5, 0.6) is 0 Å². The lowest BCUT2D eigenvalue weighted by Crippen LogP contribution is -2.17. The maximum absolute atomic E-state index is 3.82. The summed E-state index contributed by atoms with van der Waals surface area (Å²) in [5.74, 6) is 0. The molecule has 0 bridgehead atoms. The predicted molar refractivity (Wildman–Crippen MR) is 122 cm³/mol. The van der Waals surface area contributed by atoms with Crippen molar-refractivity contribution in [2.75, 3.05) is 5.32 Å². The Balaban J connectivity index is 1.77. The fraction of sp³-hybridized carbons (Fsp3) is 0.407. The van der Waals surface area contributed by atoms with E-state index in [4.69, 9.17) is 0 Å². The SMILES string of the molecule is CC(C)(C)C1=C(Nc2cccc3c2Cc2c-3cccc2C(C)(C)C)C=CCC1. The Hall–Kier alpha value is -2.28. The minimum absolute atomic E-state index is 0.162. The lowest BCUT2D eigenvalue weighted by molar-refractivity contribution is 0.477. The van der Waals surface area contributed by atoms with Crippen LogP contribution in [0.15, 0.2) is 59.8 Å². The van der Waals surface area contributed by atoms with Gasteiger partial charge in [-0.1, -0.05) is 78.0 Å². The van der Waals surface area contributed by atoms with E-state index in [9.17, 15) is 0 Å². The Morgan fingerprint density at radius 3 is 2.14 bits per heavy atom. The molecule has 28 heavy (non-hydrogen) atoms. The van der Waals surface area contributed by atoms with E-state index in [-0.39, 0.29) is 10.8 Å². The number of allylic oxidation sites excluding steroid dienone is 3. The van der Waals surface area contributed by atoms with Crippen molar-refractivity contribution < 1.29 is 0 Å². The summed E-state index contributed by atoms with van der Waals surface area (Å²) in [7, 11) is 0. The van der Waals surface area contributed by atoms with Gasteiger partial charge in [-0.2, -0.15) is 0 Å². The Bertz CT molecular complexity index is 974. The highest BCUT2D eigenvalue weighted by Crippen LogP contribution is 2.45. The molecule has 0 saturated carbocycles. The molecule has 0 aliphatic heterocycles. The number of hydrogen-bond donors (Lipinski definition) is 1. The van der Waals surface area contributed by atoms with E-state index in [0.29, 0.717) is 0 Å². The maximum atomic E-state index is 3.82. The Labute approximate surface area is 170 Å². The molecule has 2 aromatic carbocycles. The van der Waals surface area contributed by atoms with Gasteiger partial charge in [0.2, 0.25) is 0 Å². The second kappa shape index (κ2) is 6.65. The highest BCUT2D eigenvalue weighted by molar-refractivity contribution is 5.84. The molecule has 2 aliphatic rings. The zero-order valence-electron chi connectivity index (χ0n) is 18.2. The lowest BCUT2D eigenvalue weighted by atomic mass is 9.80. The standard InChI is InChI=1S/C27H33N/c1-26(2,3)22-14-9-11-18-19-12-10-16-24(21(19)17-20(18)22)28-25-15-8-7-13-23(25)27(4,5)6/h8-12,14-16,28H,7,13,17H2,1-6H3. The third-order valence-electron chi connectivity index (χ3n) is 6.15. The van der Waals surface area contributed by atoms with E-state index in [1.807, 2.05) is 0 Å². The average Bonchev–Trinajstić information content (AvgIpc) is 3.00. The van der Waals surface area contributed by atoms with Crippen LogP contribution >= 0.6 is 0 Å². The number of benzene rings is 2. The lowest BCUT2D eigenvalue weighted by Gasteiger charge is -2.29. The first-order valence-corrected chi connectivity index (χ1v) is 10.6. The molecule has 146 valence electrons. The van der Waals surface area contributed by atoms with Gasteiger partial charge in [0.1, 0.15) is 0 Å². The number of fused-ring (bicyclic) bond motifs is 3. The Morgan fingerprint density at radius 1 is 0.786 bits per heavy atom. The molecule has 0 saturated heterocycles. The van der Waals surface area contributed by atoms with E-state index >= 15 is 0 Å².